The second-order valence-corrected chi connectivity index (χ2v) is 10.1. The maximum absolute atomic E-state index is 12.6. The summed E-state index contributed by atoms with van der Waals surface area (Å²) >= 11 is 0. The Morgan fingerprint density at radius 1 is 1.14 bits per heavy atom. The average Bonchev–Trinajstić information content (AvgIpc) is 3.10. The zero-order valence-corrected chi connectivity index (χ0v) is 17.7. The van der Waals surface area contributed by atoms with Crippen molar-refractivity contribution in [1.82, 2.24) is 5.32 Å². The van der Waals surface area contributed by atoms with Gasteiger partial charge in [-0.05, 0) is 56.9 Å². The highest BCUT2D eigenvalue weighted by Crippen LogP contribution is 2.36. The first-order valence-electron chi connectivity index (χ1n) is 9.53. The van der Waals surface area contributed by atoms with Crippen LogP contribution in [-0.2, 0) is 21.1 Å². The third kappa shape index (κ3) is 3.35. The minimum absolute atomic E-state index is 0.0606. The highest BCUT2D eigenvalue weighted by molar-refractivity contribution is 7.91. The van der Waals surface area contributed by atoms with E-state index in [4.69, 9.17) is 8.83 Å². The van der Waals surface area contributed by atoms with Crippen molar-refractivity contribution < 1.29 is 22.0 Å². The van der Waals surface area contributed by atoms with E-state index in [1.54, 1.807) is 6.92 Å². The molecule has 1 amide bonds. The molecule has 0 saturated carbocycles. The molecule has 1 atom stereocenters. The Hall–Kier alpha value is -2.61. The molecule has 0 bridgehead atoms. The molecule has 29 heavy (non-hydrogen) atoms. The molecule has 0 radical (unpaired) electrons. The lowest BCUT2D eigenvalue weighted by Gasteiger charge is -2.12. The molecule has 1 unspecified atom stereocenters. The fourth-order valence-electron chi connectivity index (χ4n) is 4.18. The summed E-state index contributed by atoms with van der Waals surface area (Å²) in [6, 6.07) is 1.41. The molecule has 1 saturated heterocycles. The predicted octanol–water partition coefficient (Wildman–Crippen LogP) is 2.62. The number of carbonyl (C=O) groups excluding carboxylic acids is 1. The van der Waals surface area contributed by atoms with E-state index in [0.717, 1.165) is 22.3 Å². The molecule has 154 valence electrons. The van der Waals surface area contributed by atoms with Gasteiger partial charge in [0.15, 0.2) is 9.84 Å². The van der Waals surface area contributed by atoms with Crippen LogP contribution in [0.1, 0.15) is 34.4 Å². The van der Waals surface area contributed by atoms with Gasteiger partial charge in [0, 0.05) is 11.4 Å². The van der Waals surface area contributed by atoms with Gasteiger partial charge in [-0.15, -0.1) is 0 Å². The molecule has 1 aliphatic rings. The molecule has 0 aliphatic carbocycles. The number of carbonyl (C=O) groups is 1. The minimum Gasteiger partial charge on any atom is -0.460 e. The zero-order chi connectivity index (χ0) is 21.1. The normalized spacial score (nSPS) is 18.6. The molecule has 1 aromatic carbocycles. The maximum atomic E-state index is 12.6. The molecule has 1 aliphatic heterocycles. The van der Waals surface area contributed by atoms with Gasteiger partial charge in [0.2, 0.25) is 5.91 Å². The first-order chi connectivity index (χ1) is 13.6. The number of sulfone groups is 1. The molecule has 0 spiro atoms. The van der Waals surface area contributed by atoms with Crippen LogP contribution < -0.4 is 10.9 Å². The van der Waals surface area contributed by atoms with Gasteiger partial charge in [-0.1, -0.05) is 0 Å². The number of hydrogen-bond acceptors (Lipinski definition) is 6. The van der Waals surface area contributed by atoms with Crippen molar-refractivity contribution in [2.24, 2.45) is 0 Å². The molecule has 4 rings (SSSR count). The second kappa shape index (κ2) is 6.73. The molecular formula is C21H23NO6S. The quantitative estimate of drug-likeness (QED) is 0.657. The lowest BCUT2D eigenvalue weighted by atomic mass is 9.98. The highest BCUT2D eigenvalue weighted by Gasteiger charge is 2.29. The number of benzene rings is 1. The van der Waals surface area contributed by atoms with Gasteiger partial charge >= 0.3 is 5.63 Å². The molecule has 3 heterocycles. The fourth-order valence-corrected chi connectivity index (χ4v) is 5.86. The van der Waals surface area contributed by atoms with Gasteiger partial charge in [-0.25, -0.2) is 13.2 Å². The zero-order valence-electron chi connectivity index (χ0n) is 16.8. The number of amides is 1. The van der Waals surface area contributed by atoms with Crippen molar-refractivity contribution in [3.63, 3.8) is 0 Å². The van der Waals surface area contributed by atoms with Crippen molar-refractivity contribution >= 4 is 37.7 Å². The Morgan fingerprint density at radius 3 is 2.52 bits per heavy atom. The van der Waals surface area contributed by atoms with Crippen molar-refractivity contribution in [2.45, 2.75) is 46.6 Å². The smallest absolute Gasteiger partial charge is 0.340 e. The Balaban J connectivity index is 1.76. The van der Waals surface area contributed by atoms with E-state index in [0.29, 0.717) is 28.5 Å². The van der Waals surface area contributed by atoms with E-state index in [1.807, 2.05) is 26.8 Å². The van der Waals surface area contributed by atoms with Gasteiger partial charge < -0.3 is 14.2 Å². The number of hydrogen-bond donors (Lipinski definition) is 1. The molecular weight excluding hydrogens is 394 g/mol. The number of nitrogens with one attached hydrogen (secondary N) is 1. The van der Waals surface area contributed by atoms with Crippen LogP contribution >= 0.6 is 0 Å². The van der Waals surface area contributed by atoms with Gasteiger partial charge in [0.05, 0.1) is 28.9 Å². The predicted molar refractivity (Wildman–Crippen MR) is 110 cm³/mol. The SMILES string of the molecule is Cc1oc2c(c(C)cc3oc(=O)c(CC(=O)NC4CCS(=O)(=O)C4)c(C)c32)c1C. The fraction of sp³-hybridized carbons (Fsp3) is 0.429. The van der Waals surface area contributed by atoms with Gasteiger partial charge in [-0.2, -0.15) is 0 Å². The van der Waals surface area contributed by atoms with E-state index in [1.165, 1.54) is 0 Å². The van der Waals surface area contributed by atoms with Crippen LogP contribution in [0.25, 0.3) is 21.9 Å². The number of rotatable bonds is 3. The molecule has 7 nitrogen and oxygen atoms in total. The number of furan rings is 1. The maximum Gasteiger partial charge on any atom is 0.340 e. The Labute approximate surface area is 168 Å². The Bertz CT molecular complexity index is 1330. The highest BCUT2D eigenvalue weighted by atomic mass is 32.2. The standard InChI is InChI=1S/C21H23NO6S/c1-10-7-16-19(20-18(10)11(2)13(4)27-20)12(3)15(21(24)28-16)8-17(23)22-14-5-6-29(25,26)9-14/h7,14H,5-6,8-9H2,1-4H3,(H,22,23). The summed E-state index contributed by atoms with van der Waals surface area (Å²) in [5.74, 6) is 0.415. The third-order valence-electron chi connectivity index (χ3n) is 5.81. The summed E-state index contributed by atoms with van der Waals surface area (Å²) in [6.07, 6.45) is 0.221. The van der Waals surface area contributed by atoms with E-state index >= 15 is 0 Å². The molecule has 1 fully saturated rings. The van der Waals surface area contributed by atoms with Gasteiger partial charge in [0.1, 0.15) is 16.9 Å². The number of fused-ring (bicyclic) bond motifs is 3. The summed E-state index contributed by atoms with van der Waals surface area (Å²) in [6.45, 7) is 7.59. The summed E-state index contributed by atoms with van der Waals surface area (Å²) in [4.78, 5) is 25.1. The van der Waals surface area contributed by atoms with Crippen molar-refractivity contribution in [3.8, 4) is 0 Å². The van der Waals surface area contributed by atoms with Crippen LogP contribution in [0.4, 0.5) is 0 Å². The summed E-state index contributed by atoms with van der Waals surface area (Å²) in [5, 5.41) is 4.40. The van der Waals surface area contributed by atoms with Crippen LogP contribution in [0.15, 0.2) is 19.7 Å². The third-order valence-corrected chi connectivity index (χ3v) is 7.58. The lowest BCUT2D eigenvalue weighted by molar-refractivity contribution is -0.121. The van der Waals surface area contributed by atoms with Crippen LogP contribution in [0.5, 0.6) is 0 Å². The molecule has 2 aromatic heterocycles. The summed E-state index contributed by atoms with van der Waals surface area (Å²) in [5.41, 5.74) is 3.40. The summed E-state index contributed by atoms with van der Waals surface area (Å²) < 4.78 is 34.7. The first-order valence-corrected chi connectivity index (χ1v) is 11.3. The average molecular weight is 417 g/mol. The van der Waals surface area contributed by atoms with E-state index < -0.39 is 27.4 Å². The largest absolute Gasteiger partial charge is 0.460 e. The second-order valence-electron chi connectivity index (χ2n) is 7.89. The van der Waals surface area contributed by atoms with Gasteiger partial charge in [0.25, 0.3) is 0 Å². The van der Waals surface area contributed by atoms with Crippen molar-refractivity contribution in [1.29, 1.82) is 0 Å². The van der Waals surface area contributed by atoms with Gasteiger partial charge in [-0.3, -0.25) is 4.79 Å². The van der Waals surface area contributed by atoms with Crippen molar-refractivity contribution in [3.05, 3.63) is 44.5 Å². The van der Waals surface area contributed by atoms with Crippen LogP contribution in [0, 0.1) is 27.7 Å². The topological polar surface area (TPSA) is 107 Å². The first kappa shape index (κ1) is 19.7. The number of aryl methyl sites for hydroxylation is 4. The summed E-state index contributed by atoms with van der Waals surface area (Å²) in [7, 11) is -3.10. The molecule has 8 heteroatoms. The van der Waals surface area contributed by atoms with Crippen LogP contribution in [0.3, 0.4) is 0 Å². The van der Waals surface area contributed by atoms with Crippen LogP contribution in [0.2, 0.25) is 0 Å². The molecule has 1 N–H and O–H groups in total. The Kier molecular flexibility index (Phi) is 4.57. The molecule has 3 aromatic rings. The van der Waals surface area contributed by atoms with E-state index in [-0.39, 0.29) is 23.5 Å². The minimum atomic E-state index is -3.10. The monoisotopic (exact) mass is 417 g/mol. The lowest BCUT2D eigenvalue weighted by Crippen LogP contribution is -2.37. The van der Waals surface area contributed by atoms with Crippen LogP contribution in [-0.4, -0.2) is 31.9 Å². The van der Waals surface area contributed by atoms with E-state index in [9.17, 15) is 18.0 Å². The van der Waals surface area contributed by atoms with Crippen molar-refractivity contribution in [2.75, 3.05) is 11.5 Å². The Morgan fingerprint density at radius 2 is 1.86 bits per heavy atom. The van der Waals surface area contributed by atoms with E-state index in [2.05, 4.69) is 5.32 Å².